The molecule has 3 rings (SSSR count). The van der Waals surface area contributed by atoms with Crippen LogP contribution in [0.1, 0.15) is 35.7 Å². The summed E-state index contributed by atoms with van der Waals surface area (Å²) in [5, 5.41) is 4.59. The van der Waals surface area contributed by atoms with Crippen LogP contribution in [-0.2, 0) is 26.4 Å². The zero-order valence-corrected chi connectivity index (χ0v) is 13.6. The highest BCUT2D eigenvalue weighted by Gasteiger charge is 2.17. The minimum atomic E-state index is 0.571. The molecule has 0 radical (unpaired) electrons. The van der Waals surface area contributed by atoms with Crippen LogP contribution in [0.4, 0.5) is 5.95 Å². The average molecular weight is 303 g/mol. The van der Waals surface area contributed by atoms with Gasteiger partial charge in [-0.3, -0.25) is 9.25 Å². The molecule has 0 aliphatic rings. The van der Waals surface area contributed by atoms with Crippen molar-refractivity contribution >= 4 is 28.4 Å². The number of anilines is 1. The van der Waals surface area contributed by atoms with Crippen LogP contribution in [0.2, 0.25) is 0 Å². The molecule has 112 valence electrons. The van der Waals surface area contributed by atoms with Gasteiger partial charge in [0, 0.05) is 16.8 Å². The van der Waals surface area contributed by atoms with E-state index in [0.29, 0.717) is 5.95 Å². The fraction of sp³-hybridized carbons (Fsp3) is 0.467. The Morgan fingerprint density at radius 3 is 2.67 bits per heavy atom. The van der Waals surface area contributed by atoms with Crippen LogP contribution in [0.3, 0.4) is 0 Å². The zero-order valence-electron chi connectivity index (χ0n) is 12.8. The Kier molecular flexibility index (Phi) is 3.71. The molecule has 0 saturated carbocycles. The van der Waals surface area contributed by atoms with E-state index in [-0.39, 0.29) is 0 Å². The SMILES string of the molecule is CCCc1nn(C)c2c1nc(N)n2Cc1ccc(CC)s1. The maximum absolute atomic E-state index is 6.13. The number of thiophene rings is 1. The van der Waals surface area contributed by atoms with Crippen molar-refractivity contribution in [3.63, 3.8) is 0 Å². The number of rotatable bonds is 5. The molecule has 21 heavy (non-hydrogen) atoms. The van der Waals surface area contributed by atoms with Gasteiger partial charge in [-0.05, 0) is 25.0 Å². The van der Waals surface area contributed by atoms with Crippen LogP contribution in [0, 0.1) is 0 Å². The fourth-order valence-electron chi connectivity index (χ4n) is 2.67. The number of hydrogen-bond donors (Lipinski definition) is 1. The topological polar surface area (TPSA) is 61.7 Å². The lowest BCUT2D eigenvalue weighted by Gasteiger charge is -2.05. The van der Waals surface area contributed by atoms with Gasteiger partial charge in [0.2, 0.25) is 5.95 Å². The van der Waals surface area contributed by atoms with E-state index in [1.54, 1.807) is 0 Å². The first-order valence-electron chi connectivity index (χ1n) is 7.39. The van der Waals surface area contributed by atoms with E-state index < -0.39 is 0 Å². The molecule has 0 unspecified atom stereocenters. The fourth-order valence-corrected chi connectivity index (χ4v) is 3.62. The lowest BCUT2D eigenvalue weighted by atomic mass is 10.2. The summed E-state index contributed by atoms with van der Waals surface area (Å²) in [6.07, 6.45) is 3.07. The van der Waals surface area contributed by atoms with Gasteiger partial charge >= 0.3 is 0 Å². The van der Waals surface area contributed by atoms with Gasteiger partial charge in [0.15, 0.2) is 5.65 Å². The normalized spacial score (nSPS) is 11.6. The Labute approximate surface area is 128 Å². The second-order valence-electron chi connectivity index (χ2n) is 5.27. The molecule has 3 heterocycles. The molecule has 3 aromatic heterocycles. The number of fused-ring (bicyclic) bond motifs is 1. The maximum Gasteiger partial charge on any atom is 0.202 e. The first-order chi connectivity index (χ1) is 10.1. The predicted octanol–water partition coefficient (Wildman–Crippen LogP) is 2.98. The van der Waals surface area contributed by atoms with Crippen molar-refractivity contribution in [2.75, 3.05) is 5.73 Å². The molecule has 0 spiro atoms. The Hall–Kier alpha value is -1.82. The number of nitrogens with two attached hydrogens (primary N) is 1. The van der Waals surface area contributed by atoms with Crippen molar-refractivity contribution in [1.82, 2.24) is 19.3 Å². The van der Waals surface area contributed by atoms with E-state index in [9.17, 15) is 0 Å². The van der Waals surface area contributed by atoms with E-state index in [2.05, 4.69) is 40.6 Å². The van der Waals surface area contributed by atoms with Crippen molar-refractivity contribution in [2.45, 2.75) is 39.7 Å². The van der Waals surface area contributed by atoms with Gasteiger partial charge in [0.1, 0.15) is 5.52 Å². The molecule has 0 aromatic carbocycles. The molecule has 0 aliphatic carbocycles. The average Bonchev–Trinajstić information content (AvgIpc) is 3.11. The van der Waals surface area contributed by atoms with Crippen LogP contribution < -0.4 is 5.73 Å². The van der Waals surface area contributed by atoms with Crippen molar-refractivity contribution in [3.8, 4) is 0 Å². The third-order valence-corrected chi connectivity index (χ3v) is 4.90. The van der Waals surface area contributed by atoms with E-state index >= 15 is 0 Å². The second-order valence-corrected chi connectivity index (χ2v) is 6.52. The van der Waals surface area contributed by atoms with Crippen molar-refractivity contribution in [1.29, 1.82) is 0 Å². The number of nitrogens with zero attached hydrogens (tertiary/aromatic N) is 4. The second kappa shape index (κ2) is 5.52. The van der Waals surface area contributed by atoms with Crippen LogP contribution in [0.5, 0.6) is 0 Å². The van der Waals surface area contributed by atoms with Gasteiger partial charge in [-0.2, -0.15) is 5.10 Å². The molecule has 2 N–H and O–H groups in total. The number of hydrogen-bond acceptors (Lipinski definition) is 4. The number of aromatic nitrogens is 4. The maximum atomic E-state index is 6.13. The quantitative estimate of drug-likeness (QED) is 0.788. The van der Waals surface area contributed by atoms with Crippen LogP contribution in [-0.4, -0.2) is 19.3 Å². The standard InChI is InChI=1S/C15H21N5S/c1-4-6-12-13-14(19(3)18-12)20(15(16)17-13)9-11-8-7-10(5-2)21-11/h7-8H,4-6,9H2,1-3H3,(H2,16,17). The number of nitrogen functional groups attached to an aromatic ring is 1. The number of aryl methyl sites for hydroxylation is 3. The molecule has 3 aromatic rings. The van der Waals surface area contributed by atoms with Crippen molar-refractivity contribution in [2.24, 2.45) is 7.05 Å². The molecule has 0 saturated heterocycles. The molecule has 0 fully saturated rings. The summed E-state index contributed by atoms with van der Waals surface area (Å²) < 4.78 is 3.96. The minimum absolute atomic E-state index is 0.571. The summed E-state index contributed by atoms with van der Waals surface area (Å²) >= 11 is 1.84. The molecule has 6 heteroatoms. The molecular formula is C15H21N5S. The first-order valence-corrected chi connectivity index (χ1v) is 8.20. The molecule has 0 atom stereocenters. The molecule has 0 aliphatic heterocycles. The molecule has 5 nitrogen and oxygen atoms in total. The Morgan fingerprint density at radius 2 is 2.00 bits per heavy atom. The molecular weight excluding hydrogens is 282 g/mol. The van der Waals surface area contributed by atoms with Gasteiger partial charge in [-0.15, -0.1) is 11.3 Å². The highest BCUT2D eigenvalue weighted by Crippen LogP contribution is 2.25. The van der Waals surface area contributed by atoms with E-state index in [1.807, 2.05) is 23.1 Å². The molecule has 0 amide bonds. The smallest absolute Gasteiger partial charge is 0.202 e. The van der Waals surface area contributed by atoms with E-state index in [0.717, 1.165) is 42.7 Å². The van der Waals surface area contributed by atoms with Crippen molar-refractivity contribution in [3.05, 3.63) is 27.6 Å². The largest absolute Gasteiger partial charge is 0.369 e. The third-order valence-electron chi connectivity index (χ3n) is 3.69. The Balaban J connectivity index is 2.03. The summed E-state index contributed by atoms with van der Waals surface area (Å²) in [7, 11) is 1.96. The highest BCUT2D eigenvalue weighted by atomic mass is 32.1. The predicted molar refractivity (Wildman–Crippen MR) is 87.7 cm³/mol. The zero-order chi connectivity index (χ0) is 15.0. The van der Waals surface area contributed by atoms with E-state index in [1.165, 1.54) is 9.75 Å². The van der Waals surface area contributed by atoms with Gasteiger partial charge in [0.25, 0.3) is 0 Å². The highest BCUT2D eigenvalue weighted by molar-refractivity contribution is 7.11. The van der Waals surface area contributed by atoms with Crippen molar-refractivity contribution < 1.29 is 0 Å². The molecule has 0 bridgehead atoms. The Morgan fingerprint density at radius 1 is 1.24 bits per heavy atom. The summed E-state index contributed by atoms with van der Waals surface area (Å²) in [4.78, 5) is 7.24. The minimum Gasteiger partial charge on any atom is -0.369 e. The lowest BCUT2D eigenvalue weighted by Crippen LogP contribution is -2.07. The summed E-state index contributed by atoms with van der Waals surface area (Å²) in [6.45, 7) is 5.09. The van der Waals surface area contributed by atoms with Gasteiger partial charge in [-0.1, -0.05) is 20.3 Å². The summed E-state index contributed by atoms with van der Waals surface area (Å²) in [5.74, 6) is 0.571. The first kappa shape index (κ1) is 14.1. The van der Waals surface area contributed by atoms with Gasteiger partial charge in [-0.25, -0.2) is 4.98 Å². The third kappa shape index (κ3) is 2.44. The van der Waals surface area contributed by atoms with Gasteiger partial charge < -0.3 is 5.73 Å². The van der Waals surface area contributed by atoms with Crippen LogP contribution in [0.25, 0.3) is 11.2 Å². The monoisotopic (exact) mass is 303 g/mol. The summed E-state index contributed by atoms with van der Waals surface area (Å²) in [5.41, 5.74) is 9.14. The van der Waals surface area contributed by atoms with E-state index in [4.69, 9.17) is 5.73 Å². The lowest BCUT2D eigenvalue weighted by molar-refractivity contribution is 0.714. The van der Waals surface area contributed by atoms with Gasteiger partial charge in [0.05, 0.1) is 12.2 Å². The van der Waals surface area contributed by atoms with Crippen LogP contribution >= 0.6 is 11.3 Å². The van der Waals surface area contributed by atoms with Crippen LogP contribution in [0.15, 0.2) is 12.1 Å². The summed E-state index contributed by atoms with van der Waals surface area (Å²) in [6, 6.07) is 4.37. The number of imidazole rings is 1. The Bertz CT molecular complexity index is 765.